The highest BCUT2D eigenvalue weighted by atomic mass is 35.5. The Balaban J connectivity index is 1.45. The molecule has 2 aromatic heterocycles. The first-order chi connectivity index (χ1) is 18.5. The maximum Gasteiger partial charge on any atom is 0.263 e. The number of aryl methyl sites for hydroxylation is 1. The van der Waals surface area contributed by atoms with E-state index in [1.165, 1.54) is 10.9 Å². The monoisotopic (exact) mass is 569 g/mol. The van der Waals surface area contributed by atoms with Gasteiger partial charge in [0.05, 0.1) is 39.6 Å². The van der Waals surface area contributed by atoms with Crippen LogP contribution in [0.15, 0.2) is 64.7 Å². The molecule has 39 heavy (non-hydrogen) atoms. The number of anilines is 1. The van der Waals surface area contributed by atoms with Gasteiger partial charge < -0.3 is 5.32 Å². The number of benzene rings is 2. The molecule has 0 aliphatic heterocycles. The van der Waals surface area contributed by atoms with E-state index >= 15 is 0 Å². The van der Waals surface area contributed by atoms with Crippen LogP contribution in [0.5, 0.6) is 0 Å². The van der Waals surface area contributed by atoms with Crippen LogP contribution in [0.1, 0.15) is 25.5 Å². The van der Waals surface area contributed by atoms with E-state index in [1.807, 2.05) is 0 Å². The average molecular weight is 570 g/mol. The summed E-state index contributed by atoms with van der Waals surface area (Å²) in [5.41, 5.74) is 1.97. The van der Waals surface area contributed by atoms with E-state index in [4.69, 9.17) is 11.6 Å². The number of carbonyl (C=O) groups excluding carboxylic acids is 1. The Kier molecular flexibility index (Phi) is 7.13. The molecule has 12 heteroatoms. The molecular formula is C27H25ClFN5O4S. The number of amides is 1. The number of halogens is 2. The van der Waals surface area contributed by atoms with Crippen LogP contribution in [-0.4, -0.2) is 34.9 Å². The van der Waals surface area contributed by atoms with Crippen LogP contribution in [0.4, 0.5) is 10.1 Å². The molecule has 1 aliphatic rings. The van der Waals surface area contributed by atoms with Crippen molar-refractivity contribution in [3.8, 4) is 11.1 Å². The molecule has 0 radical (unpaired) electrons. The number of sulfonamides is 1. The van der Waals surface area contributed by atoms with Gasteiger partial charge in [-0.2, -0.15) is 0 Å². The van der Waals surface area contributed by atoms with Gasteiger partial charge in [-0.05, 0) is 61.7 Å². The normalized spacial score (nSPS) is 14.3. The molecule has 2 heterocycles. The van der Waals surface area contributed by atoms with Gasteiger partial charge in [-0.1, -0.05) is 24.6 Å². The fraction of sp³-hybridized carbons (Fsp3) is 0.259. The highest BCUT2D eigenvalue weighted by Crippen LogP contribution is 2.29. The van der Waals surface area contributed by atoms with E-state index < -0.39 is 21.8 Å². The molecule has 202 valence electrons. The first-order valence-electron chi connectivity index (χ1n) is 12.3. The van der Waals surface area contributed by atoms with Gasteiger partial charge in [0.1, 0.15) is 10.7 Å². The first-order valence-corrected chi connectivity index (χ1v) is 14.1. The summed E-state index contributed by atoms with van der Waals surface area (Å²) < 4.78 is 43.2. The zero-order chi connectivity index (χ0) is 27.9. The topological polar surface area (TPSA) is 123 Å². The minimum absolute atomic E-state index is 0.0964. The van der Waals surface area contributed by atoms with Crippen LogP contribution < -0.4 is 15.6 Å². The number of pyridine rings is 1. The number of hydrogen-bond donors (Lipinski definition) is 2. The average Bonchev–Trinajstić information content (AvgIpc) is 3.70. The predicted octanol–water partition coefficient (Wildman–Crippen LogP) is 4.27. The second-order valence-corrected chi connectivity index (χ2v) is 11.7. The molecule has 1 amide bonds. The van der Waals surface area contributed by atoms with Crippen LogP contribution in [0.2, 0.25) is 5.02 Å². The summed E-state index contributed by atoms with van der Waals surface area (Å²) in [5, 5.41) is 3.05. The Morgan fingerprint density at radius 2 is 1.92 bits per heavy atom. The van der Waals surface area contributed by atoms with Crippen molar-refractivity contribution in [3.05, 3.63) is 81.9 Å². The largest absolute Gasteiger partial charge is 0.353 e. The smallest absolute Gasteiger partial charge is 0.263 e. The molecule has 9 nitrogen and oxygen atoms in total. The summed E-state index contributed by atoms with van der Waals surface area (Å²) in [5.74, 6) is -1.15. The number of aromatic nitrogens is 3. The van der Waals surface area contributed by atoms with E-state index in [9.17, 15) is 22.4 Å². The number of fused-ring (bicyclic) bond motifs is 1. The molecular weight excluding hydrogens is 545 g/mol. The zero-order valence-electron chi connectivity index (χ0n) is 21.1. The maximum atomic E-state index is 13.4. The summed E-state index contributed by atoms with van der Waals surface area (Å²) >= 11 is 5.97. The summed E-state index contributed by atoms with van der Waals surface area (Å²) in [4.78, 5) is 34.1. The molecule has 2 aromatic carbocycles. The molecule has 1 fully saturated rings. The van der Waals surface area contributed by atoms with Gasteiger partial charge in [-0.15, -0.1) is 0 Å². The predicted molar refractivity (Wildman–Crippen MR) is 147 cm³/mol. The summed E-state index contributed by atoms with van der Waals surface area (Å²) in [7, 11) is -4.14. The SMILES string of the molecule is Cc1ncc(-c2ccc3ncn(CC(C)C(=O)NC4CC4)c(=O)c3c2)cc1NS(=O)(=O)c1ccc(F)cc1Cl. The van der Waals surface area contributed by atoms with Crippen LogP contribution >= 0.6 is 11.6 Å². The number of nitrogens with zero attached hydrogens (tertiary/aromatic N) is 3. The number of hydrogen-bond acceptors (Lipinski definition) is 6. The molecule has 1 aliphatic carbocycles. The quantitative estimate of drug-likeness (QED) is 0.327. The molecule has 2 N–H and O–H groups in total. The summed E-state index contributed by atoms with van der Waals surface area (Å²) in [6.07, 6.45) is 4.97. The number of carbonyl (C=O) groups is 1. The fourth-order valence-corrected chi connectivity index (χ4v) is 5.75. The van der Waals surface area contributed by atoms with Crippen molar-refractivity contribution in [1.82, 2.24) is 19.9 Å². The van der Waals surface area contributed by atoms with E-state index in [-0.39, 0.29) is 39.7 Å². The highest BCUT2D eigenvalue weighted by Gasteiger charge is 2.26. The van der Waals surface area contributed by atoms with Gasteiger partial charge in [0.2, 0.25) is 5.91 Å². The Morgan fingerprint density at radius 3 is 2.64 bits per heavy atom. The first kappa shape index (κ1) is 26.8. The lowest BCUT2D eigenvalue weighted by Crippen LogP contribution is -2.35. The second kappa shape index (κ2) is 10.4. The van der Waals surface area contributed by atoms with Crippen molar-refractivity contribution in [2.24, 2.45) is 5.92 Å². The molecule has 0 spiro atoms. The van der Waals surface area contributed by atoms with Crippen LogP contribution in [0, 0.1) is 18.7 Å². The maximum absolute atomic E-state index is 13.4. The van der Waals surface area contributed by atoms with Crippen molar-refractivity contribution in [1.29, 1.82) is 0 Å². The number of nitrogens with one attached hydrogen (secondary N) is 2. The van der Waals surface area contributed by atoms with Gasteiger partial charge in [0.25, 0.3) is 15.6 Å². The third kappa shape index (κ3) is 5.79. The van der Waals surface area contributed by atoms with Gasteiger partial charge in [-0.3, -0.25) is 23.9 Å². The minimum atomic E-state index is -4.14. The summed E-state index contributed by atoms with van der Waals surface area (Å²) in [6.45, 7) is 3.59. The lowest BCUT2D eigenvalue weighted by atomic mass is 10.0. The van der Waals surface area contributed by atoms with Gasteiger partial charge >= 0.3 is 0 Å². The molecule has 1 atom stereocenters. The minimum Gasteiger partial charge on any atom is -0.353 e. The van der Waals surface area contributed by atoms with Gasteiger partial charge in [0.15, 0.2) is 0 Å². The zero-order valence-corrected chi connectivity index (χ0v) is 22.7. The van der Waals surface area contributed by atoms with E-state index in [0.717, 1.165) is 31.0 Å². The van der Waals surface area contributed by atoms with Crippen molar-refractivity contribution in [2.75, 3.05) is 4.72 Å². The van der Waals surface area contributed by atoms with Gasteiger partial charge in [-0.25, -0.2) is 17.8 Å². The van der Waals surface area contributed by atoms with Crippen LogP contribution in [0.3, 0.4) is 0 Å². The van der Waals surface area contributed by atoms with E-state index in [0.29, 0.717) is 27.7 Å². The molecule has 0 bridgehead atoms. The van der Waals surface area contributed by atoms with E-state index in [1.54, 1.807) is 44.3 Å². The Hall–Kier alpha value is -3.83. The Labute approximate surface area is 229 Å². The Morgan fingerprint density at radius 1 is 1.15 bits per heavy atom. The van der Waals surface area contributed by atoms with Crippen LogP contribution in [-0.2, 0) is 21.4 Å². The van der Waals surface area contributed by atoms with Crippen molar-refractivity contribution in [2.45, 2.75) is 44.2 Å². The number of rotatable bonds is 8. The van der Waals surface area contributed by atoms with Gasteiger partial charge in [0, 0.05) is 24.3 Å². The van der Waals surface area contributed by atoms with E-state index in [2.05, 4.69) is 20.0 Å². The third-order valence-corrected chi connectivity index (χ3v) is 8.36. The molecule has 5 rings (SSSR count). The third-order valence-electron chi connectivity index (χ3n) is 6.51. The lowest BCUT2D eigenvalue weighted by Gasteiger charge is -2.14. The standard InChI is InChI=1S/C27H25ClFN5O4S/c1-15(26(35)32-20-5-6-20)13-34-14-31-23-7-3-17(9-21(23)27(34)36)18-10-24(16(2)30-12-18)33-39(37,38)25-8-4-19(29)11-22(25)28/h3-4,7-12,14-15,20,33H,5-6,13H2,1-2H3,(H,32,35). The molecule has 0 saturated heterocycles. The highest BCUT2D eigenvalue weighted by molar-refractivity contribution is 7.92. The molecule has 1 unspecified atom stereocenters. The fourth-order valence-electron chi connectivity index (χ4n) is 4.10. The van der Waals surface area contributed by atoms with Crippen LogP contribution in [0.25, 0.3) is 22.0 Å². The Bertz CT molecular complexity index is 1770. The van der Waals surface area contributed by atoms with Crippen molar-refractivity contribution in [3.63, 3.8) is 0 Å². The van der Waals surface area contributed by atoms with Crippen molar-refractivity contribution < 1.29 is 17.6 Å². The summed E-state index contributed by atoms with van der Waals surface area (Å²) in [6, 6.07) is 9.97. The second-order valence-electron chi connectivity index (χ2n) is 9.66. The molecule has 1 saturated carbocycles. The lowest BCUT2D eigenvalue weighted by molar-refractivity contribution is -0.125. The van der Waals surface area contributed by atoms with Crippen molar-refractivity contribution >= 4 is 44.1 Å². The molecule has 4 aromatic rings.